The van der Waals surface area contributed by atoms with E-state index in [9.17, 15) is 9.59 Å². The monoisotopic (exact) mass is 329 g/mol. The molecule has 0 saturated heterocycles. The molecule has 1 aromatic carbocycles. The number of thiophene rings is 1. The molecule has 1 aliphatic rings. The van der Waals surface area contributed by atoms with Gasteiger partial charge in [0.1, 0.15) is 0 Å². The quantitative estimate of drug-likeness (QED) is 0.897. The van der Waals surface area contributed by atoms with Crippen molar-refractivity contribution in [1.82, 2.24) is 0 Å². The third-order valence-corrected chi connectivity index (χ3v) is 5.36. The molecule has 0 radical (unpaired) electrons. The van der Waals surface area contributed by atoms with Crippen molar-refractivity contribution in [2.75, 3.05) is 5.32 Å². The van der Waals surface area contributed by atoms with Crippen molar-refractivity contribution in [3.8, 4) is 0 Å². The summed E-state index contributed by atoms with van der Waals surface area (Å²) in [6.45, 7) is 2.25. The summed E-state index contributed by atoms with van der Waals surface area (Å²) >= 11 is 1.59. The van der Waals surface area contributed by atoms with E-state index in [-0.39, 0.29) is 12.3 Å². The molecular formula is C18H19NO3S. The van der Waals surface area contributed by atoms with Crippen LogP contribution in [0.5, 0.6) is 0 Å². The van der Waals surface area contributed by atoms with E-state index in [0.717, 1.165) is 23.3 Å². The van der Waals surface area contributed by atoms with Gasteiger partial charge in [-0.15, -0.1) is 11.3 Å². The van der Waals surface area contributed by atoms with E-state index in [1.54, 1.807) is 35.6 Å². The summed E-state index contributed by atoms with van der Waals surface area (Å²) < 4.78 is 0. The Kier molecular flexibility index (Phi) is 4.48. The lowest BCUT2D eigenvalue weighted by Crippen LogP contribution is -2.10. The molecule has 1 aliphatic carbocycles. The molecule has 1 amide bonds. The van der Waals surface area contributed by atoms with Crippen molar-refractivity contribution < 1.29 is 14.7 Å². The maximum Gasteiger partial charge on any atom is 0.307 e. The number of carboxylic acid groups (broad SMARTS) is 1. The van der Waals surface area contributed by atoms with Crippen LogP contribution in [0.25, 0.3) is 0 Å². The summed E-state index contributed by atoms with van der Waals surface area (Å²) in [4.78, 5) is 25.1. The van der Waals surface area contributed by atoms with Crippen LogP contribution in [0.15, 0.2) is 30.3 Å². The third-order valence-electron chi connectivity index (χ3n) is 4.12. The second-order valence-electron chi connectivity index (χ2n) is 6.13. The Balaban J connectivity index is 1.68. The van der Waals surface area contributed by atoms with Crippen LogP contribution in [0.3, 0.4) is 0 Å². The number of carbonyl (C=O) groups is 2. The van der Waals surface area contributed by atoms with Crippen LogP contribution in [0.1, 0.15) is 39.0 Å². The fourth-order valence-electron chi connectivity index (χ4n) is 2.89. The minimum Gasteiger partial charge on any atom is -0.481 e. The predicted molar refractivity (Wildman–Crippen MR) is 91.2 cm³/mol. The molecule has 1 unspecified atom stereocenters. The number of carboxylic acids is 1. The van der Waals surface area contributed by atoms with Crippen molar-refractivity contribution in [3.05, 3.63) is 51.2 Å². The smallest absolute Gasteiger partial charge is 0.307 e. The van der Waals surface area contributed by atoms with E-state index in [2.05, 4.69) is 12.2 Å². The normalized spacial score (nSPS) is 16.7. The number of nitrogens with one attached hydrogen (secondary N) is 1. The molecular weight excluding hydrogens is 310 g/mol. The van der Waals surface area contributed by atoms with Gasteiger partial charge in [-0.1, -0.05) is 19.1 Å². The first-order valence-corrected chi connectivity index (χ1v) is 8.56. The Morgan fingerprint density at radius 1 is 1.30 bits per heavy atom. The highest BCUT2D eigenvalue weighted by Gasteiger charge is 2.20. The fraction of sp³-hybridized carbons (Fsp3) is 0.333. The molecule has 2 N–H and O–H groups in total. The zero-order valence-electron chi connectivity index (χ0n) is 13.0. The largest absolute Gasteiger partial charge is 0.481 e. The molecule has 1 aromatic heterocycles. The molecule has 0 saturated carbocycles. The van der Waals surface area contributed by atoms with Crippen molar-refractivity contribution in [2.24, 2.45) is 5.92 Å². The first kappa shape index (κ1) is 15.7. The lowest BCUT2D eigenvalue weighted by atomic mass is 9.90. The van der Waals surface area contributed by atoms with Crippen molar-refractivity contribution >= 4 is 28.9 Å². The second-order valence-corrected chi connectivity index (χ2v) is 7.27. The average Bonchev–Trinajstić information content (AvgIpc) is 2.92. The first-order valence-electron chi connectivity index (χ1n) is 7.75. The number of aryl methyl sites for hydroxylation is 1. The van der Waals surface area contributed by atoms with Crippen LogP contribution in [0.2, 0.25) is 0 Å². The highest BCUT2D eigenvalue weighted by atomic mass is 32.1. The van der Waals surface area contributed by atoms with Gasteiger partial charge in [0.15, 0.2) is 0 Å². The van der Waals surface area contributed by atoms with E-state index in [1.165, 1.54) is 16.9 Å². The number of aliphatic carboxylic acids is 1. The molecule has 5 heteroatoms. The Morgan fingerprint density at radius 2 is 2.04 bits per heavy atom. The minimum atomic E-state index is -0.861. The van der Waals surface area contributed by atoms with Crippen LogP contribution < -0.4 is 5.32 Å². The SMILES string of the molecule is CC1CCc2sc(C(=O)Nc3ccc(CC(=O)O)cc3)cc2C1. The van der Waals surface area contributed by atoms with Crippen molar-refractivity contribution in [1.29, 1.82) is 0 Å². The predicted octanol–water partition coefficient (Wildman–Crippen LogP) is 3.75. The summed E-state index contributed by atoms with van der Waals surface area (Å²) in [5, 5.41) is 11.6. The number of carbonyl (C=O) groups excluding carboxylic acids is 1. The molecule has 23 heavy (non-hydrogen) atoms. The first-order chi connectivity index (χ1) is 11.0. The molecule has 1 atom stereocenters. The van der Waals surface area contributed by atoms with Gasteiger partial charge in [0, 0.05) is 10.6 Å². The van der Waals surface area contributed by atoms with Gasteiger partial charge in [0.2, 0.25) is 0 Å². The number of anilines is 1. The Bertz CT molecular complexity index is 733. The molecule has 4 nitrogen and oxygen atoms in total. The molecule has 0 spiro atoms. The van der Waals surface area contributed by atoms with Gasteiger partial charge >= 0.3 is 5.97 Å². The number of benzene rings is 1. The Labute approximate surface area is 139 Å². The van der Waals surface area contributed by atoms with E-state index < -0.39 is 5.97 Å². The molecule has 0 aliphatic heterocycles. The van der Waals surface area contributed by atoms with Crippen LogP contribution >= 0.6 is 11.3 Å². The number of fused-ring (bicyclic) bond motifs is 1. The van der Waals surface area contributed by atoms with Crippen molar-refractivity contribution in [2.45, 2.75) is 32.6 Å². The summed E-state index contributed by atoms with van der Waals surface area (Å²) in [5.41, 5.74) is 2.72. The van der Waals surface area contributed by atoms with Crippen LogP contribution in [-0.2, 0) is 24.1 Å². The second kappa shape index (κ2) is 6.54. The van der Waals surface area contributed by atoms with Crippen LogP contribution in [0, 0.1) is 5.92 Å². The van der Waals surface area contributed by atoms with Gasteiger partial charge < -0.3 is 10.4 Å². The maximum absolute atomic E-state index is 12.4. The van der Waals surface area contributed by atoms with E-state index in [1.807, 2.05) is 6.07 Å². The van der Waals surface area contributed by atoms with Crippen LogP contribution in [-0.4, -0.2) is 17.0 Å². The van der Waals surface area contributed by atoms with E-state index in [4.69, 9.17) is 5.11 Å². The summed E-state index contributed by atoms with van der Waals surface area (Å²) in [6, 6.07) is 8.96. The van der Waals surface area contributed by atoms with E-state index >= 15 is 0 Å². The lowest BCUT2D eigenvalue weighted by Gasteiger charge is -2.16. The molecule has 2 aromatic rings. The van der Waals surface area contributed by atoms with Gasteiger partial charge in [-0.3, -0.25) is 9.59 Å². The van der Waals surface area contributed by atoms with Gasteiger partial charge in [-0.2, -0.15) is 0 Å². The van der Waals surface area contributed by atoms with E-state index in [0.29, 0.717) is 11.6 Å². The molecule has 1 heterocycles. The number of rotatable bonds is 4. The number of amides is 1. The standard InChI is InChI=1S/C18H19NO3S/c1-11-2-7-15-13(8-11)10-16(23-15)18(22)19-14-5-3-12(4-6-14)9-17(20)21/h3-6,10-11H,2,7-9H2,1H3,(H,19,22)(H,20,21). The van der Waals surface area contributed by atoms with Gasteiger partial charge in [-0.25, -0.2) is 0 Å². The Morgan fingerprint density at radius 3 is 2.74 bits per heavy atom. The fourth-order valence-corrected chi connectivity index (χ4v) is 3.99. The Hall–Kier alpha value is -2.14. The third kappa shape index (κ3) is 3.79. The zero-order chi connectivity index (χ0) is 16.4. The van der Waals surface area contributed by atoms with Gasteiger partial charge in [0.05, 0.1) is 11.3 Å². The number of hydrogen-bond donors (Lipinski definition) is 2. The lowest BCUT2D eigenvalue weighted by molar-refractivity contribution is -0.136. The minimum absolute atomic E-state index is 0.00987. The maximum atomic E-state index is 12.4. The summed E-state index contributed by atoms with van der Waals surface area (Å²) in [5.74, 6) is -0.266. The molecule has 3 rings (SSSR count). The van der Waals surface area contributed by atoms with Gasteiger partial charge in [0.25, 0.3) is 5.91 Å². The highest BCUT2D eigenvalue weighted by molar-refractivity contribution is 7.14. The van der Waals surface area contributed by atoms with Crippen LogP contribution in [0.4, 0.5) is 5.69 Å². The van der Waals surface area contributed by atoms with Gasteiger partial charge in [-0.05, 0) is 54.5 Å². The molecule has 0 fully saturated rings. The molecule has 120 valence electrons. The average molecular weight is 329 g/mol. The highest BCUT2D eigenvalue weighted by Crippen LogP contribution is 2.32. The topological polar surface area (TPSA) is 66.4 Å². The number of hydrogen-bond acceptors (Lipinski definition) is 3. The molecule has 0 bridgehead atoms. The zero-order valence-corrected chi connectivity index (χ0v) is 13.8. The van der Waals surface area contributed by atoms with Crippen molar-refractivity contribution in [3.63, 3.8) is 0 Å². The summed E-state index contributed by atoms with van der Waals surface area (Å²) in [7, 11) is 0. The summed E-state index contributed by atoms with van der Waals surface area (Å²) in [6.07, 6.45) is 3.31.